The Morgan fingerprint density at radius 2 is 1.80 bits per heavy atom. The van der Waals surface area contributed by atoms with E-state index in [1.165, 1.54) is 14.0 Å². The van der Waals surface area contributed by atoms with Crippen molar-refractivity contribution >= 4 is 23.7 Å². The van der Waals surface area contributed by atoms with Gasteiger partial charge in [-0.3, -0.25) is 24.1 Å². The number of carbonyl (C=O) groups is 4. The first kappa shape index (κ1) is 21.0. The first-order valence-corrected chi connectivity index (χ1v) is 9.42. The highest BCUT2D eigenvalue weighted by molar-refractivity contribution is 6.11. The Bertz CT molecular complexity index is 987. The van der Waals surface area contributed by atoms with Gasteiger partial charge in [0.05, 0.1) is 13.5 Å². The van der Waals surface area contributed by atoms with Crippen LogP contribution in [0.4, 0.5) is 0 Å². The molecule has 156 valence electrons. The van der Waals surface area contributed by atoms with E-state index in [1.54, 1.807) is 36.4 Å². The zero-order valence-corrected chi connectivity index (χ0v) is 16.7. The SMILES string of the molecule is COc1ccccc1CNC(=O)[C@H](C)OC(=O)CN1C(=O)Cc2ccccc2C1=O. The van der Waals surface area contributed by atoms with Crippen LogP contribution in [0.5, 0.6) is 5.75 Å². The van der Waals surface area contributed by atoms with Gasteiger partial charge in [0.15, 0.2) is 6.10 Å². The third-order valence-corrected chi connectivity index (χ3v) is 4.75. The molecule has 2 aromatic rings. The van der Waals surface area contributed by atoms with Crippen molar-refractivity contribution in [2.24, 2.45) is 0 Å². The molecule has 0 aromatic heterocycles. The number of carbonyl (C=O) groups excluding carboxylic acids is 4. The van der Waals surface area contributed by atoms with Crippen LogP contribution < -0.4 is 10.1 Å². The predicted octanol–water partition coefficient (Wildman–Crippen LogP) is 1.47. The smallest absolute Gasteiger partial charge is 0.326 e. The third-order valence-electron chi connectivity index (χ3n) is 4.75. The Labute approximate surface area is 173 Å². The van der Waals surface area contributed by atoms with E-state index in [1.807, 2.05) is 12.1 Å². The van der Waals surface area contributed by atoms with Gasteiger partial charge < -0.3 is 14.8 Å². The molecule has 3 rings (SSSR count). The highest BCUT2D eigenvalue weighted by Gasteiger charge is 2.33. The Morgan fingerprint density at radius 3 is 2.57 bits per heavy atom. The summed E-state index contributed by atoms with van der Waals surface area (Å²) in [4.78, 5) is 50.1. The molecule has 1 aliphatic rings. The minimum atomic E-state index is -1.09. The van der Waals surface area contributed by atoms with Crippen LogP contribution in [0.25, 0.3) is 0 Å². The van der Waals surface area contributed by atoms with Gasteiger partial charge in [-0.05, 0) is 24.6 Å². The average molecular weight is 410 g/mol. The fourth-order valence-corrected chi connectivity index (χ4v) is 3.15. The number of nitrogens with zero attached hydrogens (tertiary/aromatic N) is 1. The number of hydrogen-bond acceptors (Lipinski definition) is 6. The molecule has 0 saturated heterocycles. The number of amides is 3. The van der Waals surface area contributed by atoms with E-state index in [-0.39, 0.29) is 13.0 Å². The number of nitrogens with one attached hydrogen (secondary N) is 1. The maximum atomic E-state index is 12.5. The molecule has 8 nitrogen and oxygen atoms in total. The summed E-state index contributed by atoms with van der Waals surface area (Å²) in [6.45, 7) is 1.07. The molecule has 2 aromatic carbocycles. The van der Waals surface area contributed by atoms with Gasteiger partial charge in [0.2, 0.25) is 5.91 Å². The van der Waals surface area contributed by atoms with Crippen LogP contribution in [0.2, 0.25) is 0 Å². The molecule has 3 amide bonds. The summed E-state index contributed by atoms with van der Waals surface area (Å²) in [7, 11) is 1.53. The second-order valence-electron chi connectivity index (χ2n) is 6.78. The summed E-state index contributed by atoms with van der Waals surface area (Å²) < 4.78 is 10.3. The lowest BCUT2D eigenvalue weighted by molar-refractivity contribution is -0.156. The van der Waals surface area contributed by atoms with E-state index in [2.05, 4.69) is 5.32 Å². The number of methoxy groups -OCH3 is 1. The summed E-state index contributed by atoms with van der Waals surface area (Å²) in [6, 6.07) is 14.0. The lowest BCUT2D eigenvalue weighted by atomic mass is 9.98. The number of esters is 1. The minimum absolute atomic E-state index is 0.0319. The first-order chi connectivity index (χ1) is 14.4. The summed E-state index contributed by atoms with van der Waals surface area (Å²) in [5.41, 5.74) is 1.78. The monoisotopic (exact) mass is 410 g/mol. The molecule has 0 saturated carbocycles. The van der Waals surface area contributed by atoms with Gasteiger partial charge in [0.25, 0.3) is 11.8 Å². The standard InChI is InChI=1S/C22H22N2O6/c1-14(21(27)23-12-16-8-4-6-10-18(16)29-2)30-20(26)13-24-19(25)11-15-7-3-5-9-17(15)22(24)28/h3-10,14H,11-13H2,1-2H3,(H,23,27)/t14-/m0/s1. The molecule has 30 heavy (non-hydrogen) atoms. The number of benzene rings is 2. The van der Waals surface area contributed by atoms with E-state index < -0.39 is 36.3 Å². The van der Waals surface area contributed by atoms with E-state index >= 15 is 0 Å². The summed E-state index contributed by atoms with van der Waals surface area (Å²) in [5.74, 6) is -1.74. The lowest BCUT2D eigenvalue weighted by Crippen LogP contribution is -2.46. The minimum Gasteiger partial charge on any atom is -0.496 e. The maximum Gasteiger partial charge on any atom is 0.326 e. The lowest BCUT2D eigenvalue weighted by Gasteiger charge is -2.26. The zero-order valence-electron chi connectivity index (χ0n) is 16.7. The third kappa shape index (κ3) is 4.65. The van der Waals surface area contributed by atoms with E-state index in [9.17, 15) is 19.2 Å². The van der Waals surface area contributed by atoms with Gasteiger partial charge in [-0.15, -0.1) is 0 Å². The van der Waals surface area contributed by atoms with Crippen LogP contribution in [0, 0.1) is 0 Å². The summed E-state index contributed by atoms with van der Waals surface area (Å²) >= 11 is 0. The topological polar surface area (TPSA) is 102 Å². The van der Waals surface area contributed by atoms with E-state index in [0.29, 0.717) is 16.9 Å². The Morgan fingerprint density at radius 1 is 1.10 bits per heavy atom. The van der Waals surface area contributed by atoms with Crippen LogP contribution in [0.1, 0.15) is 28.4 Å². The summed E-state index contributed by atoms with van der Waals surface area (Å²) in [6.07, 6.45) is -1.06. The highest BCUT2D eigenvalue weighted by atomic mass is 16.5. The largest absolute Gasteiger partial charge is 0.496 e. The predicted molar refractivity (Wildman–Crippen MR) is 107 cm³/mol. The molecule has 0 radical (unpaired) electrons. The van der Waals surface area contributed by atoms with Crippen LogP contribution in [0.3, 0.4) is 0 Å². The molecule has 1 N–H and O–H groups in total. The first-order valence-electron chi connectivity index (χ1n) is 9.42. The van der Waals surface area contributed by atoms with Crippen molar-refractivity contribution in [3.8, 4) is 5.75 Å². The van der Waals surface area contributed by atoms with Gasteiger partial charge >= 0.3 is 5.97 Å². The van der Waals surface area contributed by atoms with Crippen molar-refractivity contribution in [2.75, 3.05) is 13.7 Å². The number of imide groups is 1. The van der Waals surface area contributed by atoms with Crippen molar-refractivity contribution in [1.82, 2.24) is 10.2 Å². The molecule has 0 unspecified atom stereocenters. The van der Waals surface area contributed by atoms with Gasteiger partial charge in [0.1, 0.15) is 12.3 Å². The molecule has 0 spiro atoms. The van der Waals surface area contributed by atoms with Crippen LogP contribution in [-0.4, -0.2) is 48.3 Å². The van der Waals surface area contributed by atoms with Gasteiger partial charge in [-0.25, -0.2) is 0 Å². The van der Waals surface area contributed by atoms with Crippen molar-refractivity contribution in [3.05, 3.63) is 65.2 Å². The Hall–Kier alpha value is -3.68. The highest BCUT2D eigenvalue weighted by Crippen LogP contribution is 2.20. The summed E-state index contributed by atoms with van der Waals surface area (Å²) in [5, 5.41) is 2.67. The van der Waals surface area contributed by atoms with Crippen LogP contribution in [-0.2, 0) is 32.1 Å². The van der Waals surface area contributed by atoms with Gasteiger partial charge in [0, 0.05) is 17.7 Å². The van der Waals surface area contributed by atoms with Crippen LogP contribution >= 0.6 is 0 Å². The van der Waals surface area contributed by atoms with Crippen LogP contribution in [0.15, 0.2) is 48.5 Å². The maximum absolute atomic E-state index is 12.5. The van der Waals surface area contributed by atoms with Crippen molar-refractivity contribution in [2.45, 2.75) is 26.0 Å². The molecular formula is C22H22N2O6. The molecule has 1 aliphatic heterocycles. The molecule has 1 heterocycles. The van der Waals surface area contributed by atoms with Crippen molar-refractivity contribution in [1.29, 1.82) is 0 Å². The number of para-hydroxylation sites is 1. The fourth-order valence-electron chi connectivity index (χ4n) is 3.15. The Kier molecular flexibility index (Phi) is 6.46. The van der Waals surface area contributed by atoms with Gasteiger partial charge in [-0.1, -0.05) is 36.4 Å². The van der Waals surface area contributed by atoms with E-state index in [0.717, 1.165) is 10.5 Å². The van der Waals surface area contributed by atoms with E-state index in [4.69, 9.17) is 9.47 Å². The number of hydrogen-bond donors (Lipinski definition) is 1. The molecule has 0 bridgehead atoms. The fraction of sp³-hybridized carbons (Fsp3) is 0.273. The Balaban J connectivity index is 1.55. The normalized spacial score (nSPS) is 14.0. The van der Waals surface area contributed by atoms with Crippen molar-refractivity contribution in [3.63, 3.8) is 0 Å². The second-order valence-corrected chi connectivity index (χ2v) is 6.78. The molecule has 0 fully saturated rings. The molecular weight excluding hydrogens is 388 g/mol. The molecule has 8 heteroatoms. The molecule has 1 atom stereocenters. The zero-order chi connectivity index (χ0) is 21.7. The number of fused-ring (bicyclic) bond motifs is 1. The second kappa shape index (κ2) is 9.21. The number of rotatable bonds is 7. The van der Waals surface area contributed by atoms with Crippen molar-refractivity contribution < 1.29 is 28.7 Å². The average Bonchev–Trinajstić information content (AvgIpc) is 2.75. The quantitative estimate of drug-likeness (QED) is 0.548. The molecule has 0 aliphatic carbocycles. The van der Waals surface area contributed by atoms with Gasteiger partial charge in [-0.2, -0.15) is 0 Å². The number of ether oxygens (including phenoxy) is 2.